The zero-order valence-corrected chi connectivity index (χ0v) is 11.5. The van der Waals surface area contributed by atoms with Gasteiger partial charge < -0.3 is 10.1 Å². The van der Waals surface area contributed by atoms with Gasteiger partial charge in [-0.25, -0.2) is 4.39 Å². The van der Waals surface area contributed by atoms with Crippen molar-refractivity contribution in [3.63, 3.8) is 0 Å². The lowest BCUT2D eigenvalue weighted by Gasteiger charge is -2.27. The number of amides is 1. The van der Waals surface area contributed by atoms with Crippen molar-refractivity contribution < 1.29 is 13.9 Å². The fourth-order valence-corrected chi connectivity index (χ4v) is 2.18. The van der Waals surface area contributed by atoms with Crippen molar-refractivity contribution in [2.45, 2.75) is 25.4 Å². The van der Waals surface area contributed by atoms with Gasteiger partial charge in [-0.05, 0) is 43.5 Å². The Bertz CT molecular complexity index is 653. The van der Waals surface area contributed by atoms with Crippen LogP contribution in [0.25, 0.3) is 0 Å². The number of halogens is 1. The Morgan fingerprint density at radius 3 is 2.52 bits per heavy atom. The minimum absolute atomic E-state index is 0.168. The number of anilines is 1. The van der Waals surface area contributed by atoms with Crippen molar-refractivity contribution in [3.05, 3.63) is 59.9 Å². The van der Waals surface area contributed by atoms with E-state index >= 15 is 0 Å². The van der Waals surface area contributed by atoms with E-state index in [0.29, 0.717) is 11.3 Å². The molecule has 3 nitrogen and oxygen atoms in total. The lowest BCUT2D eigenvalue weighted by atomic mass is 9.96. The van der Waals surface area contributed by atoms with Crippen LogP contribution in [0.15, 0.2) is 48.5 Å². The standard InChI is InChI=1S/C17H16FNO2/c18-14-9-2-3-10-15(14)19-17(20)13-8-1-4-11-16(13)21-12-6-5-7-12/h1-4,8-12H,5-7H2,(H,19,20). The molecule has 0 atom stereocenters. The molecule has 2 aromatic rings. The average Bonchev–Trinajstić information content (AvgIpc) is 2.46. The first kappa shape index (κ1) is 13.6. The third-order valence-corrected chi connectivity index (χ3v) is 3.60. The van der Waals surface area contributed by atoms with Gasteiger partial charge in [-0.3, -0.25) is 4.79 Å². The minimum Gasteiger partial charge on any atom is -0.490 e. The molecule has 4 heteroatoms. The summed E-state index contributed by atoms with van der Waals surface area (Å²) in [5.41, 5.74) is 0.591. The maximum atomic E-state index is 13.6. The monoisotopic (exact) mass is 285 g/mol. The van der Waals surface area contributed by atoms with E-state index in [1.54, 1.807) is 30.3 Å². The number of benzene rings is 2. The van der Waals surface area contributed by atoms with E-state index in [1.807, 2.05) is 6.07 Å². The number of para-hydroxylation sites is 2. The molecular weight excluding hydrogens is 269 g/mol. The van der Waals surface area contributed by atoms with E-state index < -0.39 is 5.82 Å². The molecule has 0 heterocycles. The molecule has 0 saturated heterocycles. The molecule has 1 N–H and O–H groups in total. The van der Waals surface area contributed by atoms with E-state index in [-0.39, 0.29) is 17.7 Å². The second-order valence-corrected chi connectivity index (χ2v) is 5.10. The molecule has 1 amide bonds. The van der Waals surface area contributed by atoms with Gasteiger partial charge >= 0.3 is 0 Å². The molecule has 0 aliphatic heterocycles. The summed E-state index contributed by atoms with van der Waals surface area (Å²) in [6, 6.07) is 13.2. The molecule has 108 valence electrons. The maximum Gasteiger partial charge on any atom is 0.259 e. The van der Waals surface area contributed by atoms with Gasteiger partial charge in [0.25, 0.3) is 5.91 Å². The molecule has 2 aromatic carbocycles. The summed E-state index contributed by atoms with van der Waals surface area (Å²) in [7, 11) is 0. The van der Waals surface area contributed by atoms with Crippen LogP contribution in [0.5, 0.6) is 5.75 Å². The van der Waals surface area contributed by atoms with Crippen molar-refractivity contribution in [2.24, 2.45) is 0 Å². The first-order valence-corrected chi connectivity index (χ1v) is 7.05. The predicted octanol–water partition coefficient (Wildman–Crippen LogP) is 4.01. The van der Waals surface area contributed by atoms with Crippen LogP contribution in [-0.4, -0.2) is 12.0 Å². The molecule has 0 radical (unpaired) electrons. The van der Waals surface area contributed by atoms with Gasteiger partial charge in [-0.15, -0.1) is 0 Å². The molecule has 1 fully saturated rings. The molecule has 1 aliphatic carbocycles. The van der Waals surface area contributed by atoms with Crippen molar-refractivity contribution in [1.29, 1.82) is 0 Å². The van der Waals surface area contributed by atoms with Crippen LogP contribution in [0.4, 0.5) is 10.1 Å². The SMILES string of the molecule is O=C(Nc1ccccc1F)c1ccccc1OC1CCC1. The Kier molecular flexibility index (Phi) is 3.86. The summed E-state index contributed by atoms with van der Waals surface area (Å²) in [6.45, 7) is 0. The summed E-state index contributed by atoms with van der Waals surface area (Å²) >= 11 is 0. The van der Waals surface area contributed by atoms with E-state index in [0.717, 1.165) is 19.3 Å². The van der Waals surface area contributed by atoms with Gasteiger partial charge in [0, 0.05) is 0 Å². The molecule has 0 unspecified atom stereocenters. The Balaban J connectivity index is 1.79. The van der Waals surface area contributed by atoms with E-state index in [4.69, 9.17) is 4.74 Å². The first-order chi connectivity index (χ1) is 10.2. The van der Waals surface area contributed by atoms with Crippen molar-refractivity contribution in [3.8, 4) is 5.75 Å². The summed E-state index contributed by atoms with van der Waals surface area (Å²) in [5.74, 6) is -0.269. The second-order valence-electron chi connectivity index (χ2n) is 5.10. The number of ether oxygens (including phenoxy) is 1. The van der Waals surface area contributed by atoms with Crippen LogP contribution in [0.3, 0.4) is 0 Å². The van der Waals surface area contributed by atoms with E-state index in [9.17, 15) is 9.18 Å². The molecule has 1 aliphatic rings. The van der Waals surface area contributed by atoms with Crippen LogP contribution in [0.1, 0.15) is 29.6 Å². The summed E-state index contributed by atoms with van der Waals surface area (Å²) in [6.07, 6.45) is 3.38. The zero-order chi connectivity index (χ0) is 14.7. The van der Waals surface area contributed by atoms with Crippen LogP contribution < -0.4 is 10.1 Å². The minimum atomic E-state index is -0.455. The van der Waals surface area contributed by atoms with Crippen molar-refractivity contribution >= 4 is 11.6 Å². The lowest BCUT2D eigenvalue weighted by Crippen LogP contribution is -2.26. The Morgan fingerprint density at radius 2 is 1.81 bits per heavy atom. The summed E-state index contributed by atoms with van der Waals surface area (Å²) in [4.78, 5) is 12.3. The van der Waals surface area contributed by atoms with Crippen LogP contribution in [-0.2, 0) is 0 Å². The van der Waals surface area contributed by atoms with Gasteiger partial charge in [0.1, 0.15) is 11.6 Å². The quantitative estimate of drug-likeness (QED) is 0.921. The fourth-order valence-electron chi connectivity index (χ4n) is 2.18. The molecule has 21 heavy (non-hydrogen) atoms. The highest BCUT2D eigenvalue weighted by Crippen LogP contribution is 2.28. The van der Waals surface area contributed by atoms with Gasteiger partial charge in [0.15, 0.2) is 0 Å². The predicted molar refractivity (Wildman–Crippen MR) is 79.1 cm³/mol. The molecule has 0 spiro atoms. The normalized spacial score (nSPS) is 14.3. The lowest BCUT2D eigenvalue weighted by molar-refractivity contribution is 0.0991. The fraction of sp³-hybridized carbons (Fsp3) is 0.235. The largest absolute Gasteiger partial charge is 0.490 e. The molecular formula is C17H16FNO2. The van der Waals surface area contributed by atoms with Crippen LogP contribution in [0.2, 0.25) is 0 Å². The van der Waals surface area contributed by atoms with Crippen LogP contribution in [0, 0.1) is 5.82 Å². The summed E-state index contributed by atoms with van der Waals surface area (Å²) < 4.78 is 19.4. The smallest absolute Gasteiger partial charge is 0.259 e. The van der Waals surface area contributed by atoms with Crippen molar-refractivity contribution in [1.82, 2.24) is 0 Å². The number of rotatable bonds is 4. The molecule has 0 aromatic heterocycles. The zero-order valence-electron chi connectivity index (χ0n) is 11.5. The highest BCUT2D eigenvalue weighted by Gasteiger charge is 2.22. The third kappa shape index (κ3) is 3.05. The first-order valence-electron chi connectivity index (χ1n) is 7.05. The van der Waals surface area contributed by atoms with E-state index in [1.165, 1.54) is 12.1 Å². The number of nitrogens with one attached hydrogen (secondary N) is 1. The third-order valence-electron chi connectivity index (χ3n) is 3.60. The maximum absolute atomic E-state index is 13.6. The topological polar surface area (TPSA) is 38.3 Å². The van der Waals surface area contributed by atoms with E-state index in [2.05, 4.69) is 5.32 Å². The summed E-state index contributed by atoms with van der Waals surface area (Å²) in [5, 5.41) is 2.58. The Hall–Kier alpha value is -2.36. The number of carbonyl (C=O) groups excluding carboxylic acids is 1. The van der Waals surface area contributed by atoms with Gasteiger partial charge in [-0.2, -0.15) is 0 Å². The van der Waals surface area contributed by atoms with Crippen molar-refractivity contribution in [2.75, 3.05) is 5.32 Å². The van der Waals surface area contributed by atoms with Crippen LogP contribution >= 0.6 is 0 Å². The number of carbonyl (C=O) groups is 1. The highest BCUT2D eigenvalue weighted by molar-refractivity contribution is 6.06. The van der Waals surface area contributed by atoms with Gasteiger partial charge in [0.2, 0.25) is 0 Å². The Labute approximate surface area is 122 Å². The Morgan fingerprint density at radius 1 is 1.10 bits per heavy atom. The number of hydrogen-bond acceptors (Lipinski definition) is 2. The molecule has 0 bridgehead atoms. The molecule has 1 saturated carbocycles. The van der Waals surface area contributed by atoms with Gasteiger partial charge in [0.05, 0.1) is 17.4 Å². The molecule has 3 rings (SSSR count). The number of hydrogen-bond donors (Lipinski definition) is 1. The van der Waals surface area contributed by atoms with Gasteiger partial charge in [-0.1, -0.05) is 24.3 Å². The highest BCUT2D eigenvalue weighted by atomic mass is 19.1. The second kappa shape index (κ2) is 5.95. The average molecular weight is 285 g/mol.